The van der Waals surface area contributed by atoms with Gasteiger partial charge in [0, 0.05) is 18.0 Å². The fraction of sp³-hybridized carbons (Fsp3) is 0.875. The van der Waals surface area contributed by atoms with Crippen molar-refractivity contribution in [1.82, 2.24) is 4.90 Å². The molecule has 10 heavy (non-hydrogen) atoms. The van der Waals surface area contributed by atoms with Crippen LogP contribution in [0.3, 0.4) is 0 Å². The Hall–Kier alpha value is -0.530. The van der Waals surface area contributed by atoms with Crippen LogP contribution in [0.2, 0.25) is 0 Å². The maximum atomic E-state index is 11.3. The molecule has 0 aromatic carbocycles. The first kappa shape index (κ1) is 6.20. The SMILES string of the molecule is CC(C)N1C(=O)C2CC1C2. The van der Waals surface area contributed by atoms with E-state index in [0.717, 1.165) is 12.8 Å². The molecule has 0 aromatic rings. The highest BCUT2D eigenvalue weighted by Gasteiger charge is 2.50. The molecule has 1 amide bonds. The van der Waals surface area contributed by atoms with Gasteiger partial charge in [0.1, 0.15) is 0 Å². The number of rotatable bonds is 1. The molecule has 0 atom stereocenters. The molecule has 3 fully saturated rings. The van der Waals surface area contributed by atoms with Crippen LogP contribution in [0, 0.1) is 5.92 Å². The molecular weight excluding hydrogens is 126 g/mol. The third-order valence-corrected chi connectivity index (χ3v) is 2.67. The molecule has 2 aliphatic heterocycles. The van der Waals surface area contributed by atoms with Crippen LogP contribution in [0.1, 0.15) is 26.7 Å². The fourth-order valence-electron chi connectivity index (χ4n) is 2.08. The summed E-state index contributed by atoms with van der Waals surface area (Å²) in [6, 6.07) is 1.03. The Morgan fingerprint density at radius 3 is 2.30 bits per heavy atom. The fourth-order valence-corrected chi connectivity index (χ4v) is 2.08. The predicted octanol–water partition coefficient (Wildman–Crippen LogP) is 1.02. The second-order valence-corrected chi connectivity index (χ2v) is 3.66. The van der Waals surface area contributed by atoms with Crippen LogP contribution >= 0.6 is 0 Å². The third kappa shape index (κ3) is 0.568. The van der Waals surface area contributed by atoms with E-state index in [2.05, 4.69) is 13.8 Å². The van der Waals surface area contributed by atoms with Crippen LogP contribution in [0.25, 0.3) is 0 Å². The molecule has 0 spiro atoms. The van der Waals surface area contributed by atoms with Crippen molar-refractivity contribution < 1.29 is 4.79 Å². The molecule has 0 N–H and O–H groups in total. The first-order chi connectivity index (χ1) is 4.70. The van der Waals surface area contributed by atoms with Gasteiger partial charge in [0.15, 0.2) is 0 Å². The van der Waals surface area contributed by atoms with Crippen LogP contribution in [0.15, 0.2) is 0 Å². The lowest BCUT2D eigenvalue weighted by molar-refractivity contribution is -0.129. The number of carbonyl (C=O) groups excluding carboxylic acids is 1. The Kier molecular flexibility index (Phi) is 1.08. The Bertz CT molecular complexity index is 170. The molecule has 2 nitrogen and oxygen atoms in total. The highest BCUT2D eigenvalue weighted by atomic mass is 16.2. The van der Waals surface area contributed by atoms with Gasteiger partial charge in [-0.3, -0.25) is 4.79 Å². The van der Waals surface area contributed by atoms with E-state index in [1.54, 1.807) is 0 Å². The van der Waals surface area contributed by atoms with Gasteiger partial charge in [0.25, 0.3) is 0 Å². The summed E-state index contributed by atoms with van der Waals surface area (Å²) < 4.78 is 0. The summed E-state index contributed by atoms with van der Waals surface area (Å²) in [6.45, 7) is 4.19. The third-order valence-electron chi connectivity index (χ3n) is 2.67. The molecule has 2 heteroatoms. The number of carbonyl (C=O) groups is 1. The van der Waals surface area contributed by atoms with Gasteiger partial charge in [-0.15, -0.1) is 0 Å². The maximum Gasteiger partial charge on any atom is 0.226 e. The average Bonchev–Trinajstić information content (AvgIpc) is 2.14. The number of nitrogens with zero attached hydrogens (tertiary/aromatic N) is 1. The molecule has 0 radical (unpaired) electrons. The molecule has 0 aromatic heterocycles. The molecule has 2 heterocycles. The zero-order valence-electron chi connectivity index (χ0n) is 6.50. The molecule has 3 rings (SSSR count). The van der Waals surface area contributed by atoms with Crippen molar-refractivity contribution >= 4 is 5.91 Å². The van der Waals surface area contributed by atoms with E-state index in [1.807, 2.05) is 4.90 Å². The van der Waals surface area contributed by atoms with Gasteiger partial charge < -0.3 is 4.90 Å². The van der Waals surface area contributed by atoms with Crippen molar-refractivity contribution in [3.8, 4) is 0 Å². The van der Waals surface area contributed by atoms with Crippen LogP contribution < -0.4 is 0 Å². The quantitative estimate of drug-likeness (QED) is 0.531. The van der Waals surface area contributed by atoms with Gasteiger partial charge in [-0.25, -0.2) is 0 Å². The molecule has 56 valence electrons. The van der Waals surface area contributed by atoms with Gasteiger partial charge >= 0.3 is 0 Å². The lowest BCUT2D eigenvalue weighted by Crippen LogP contribution is -2.35. The highest BCUT2D eigenvalue weighted by molar-refractivity contribution is 5.84. The number of hydrogen-bond donors (Lipinski definition) is 0. The van der Waals surface area contributed by atoms with Crippen molar-refractivity contribution in [2.45, 2.75) is 38.8 Å². The Balaban J connectivity index is 2.16. The van der Waals surface area contributed by atoms with Crippen LogP contribution in [0.5, 0.6) is 0 Å². The van der Waals surface area contributed by atoms with Crippen molar-refractivity contribution in [2.75, 3.05) is 0 Å². The number of amides is 1. The Morgan fingerprint density at radius 2 is 2.10 bits per heavy atom. The van der Waals surface area contributed by atoms with Crippen molar-refractivity contribution in [3.63, 3.8) is 0 Å². The summed E-state index contributed by atoms with van der Waals surface area (Å²) in [6.07, 6.45) is 2.27. The van der Waals surface area contributed by atoms with Crippen LogP contribution in [0.4, 0.5) is 0 Å². The predicted molar refractivity (Wildman–Crippen MR) is 38.5 cm³/mol. The van der Waals surface area contributed by atoms with Crippen molar-refractivity contribution in [2.24, 2.45) is 5.92 Å². The van der Waals surface area contributed by atoms with E-state index >= 15 is 0 Å². The maximum absolute atomic E-state index is 11.3. The van der Waals surface area contributed by atoms with Crippen LogP contribution in [-0.2, 0) is 4.79 Å². The zero-order chi connectivity index (χ0) is 7.30. The number of fused-ring (bicyclic) bond motifs is 1. The van der Waals surface area contributed by atoms with E-state index in [0.29, 0.717) is 23.9 Å². The van der Waals surface area contributed by atoms with Crippen molar-refractivity contribution in [1.29, 1.82) is 0 Å². The second-order valence-electron chi connectivity index (χ2n) is 3.66. The molecule has 3 aliphatic rings. The van der Waals surface area contributed by atoms with Gasteiger partial charge in [-0.1, -0.05) is 0 Å². The monoisotopic (exact) mass is 139 g/mol. The van der Waals surface area contributed by atoms with E-state index in [4.69, 9.17) is 0 Å². The average molecular weight is 139 g/mol. The summed E-state index contributed by atoms with van der Waals surface area (Å²) in [5, 5.41) is 0. The first-order valence-electron chi connectivity index (χ1n) is 4.02. The molecule has 0 unspecified atom stereocenters. The van der Waals surface area contributed by atoms with E-state index in [-0.39, 0.29) is 0 Å². The van der Waals surface area contributed by atoms with Gasteiger partial charge in [-0.05, 0) is 26.7 Å². The molecule has 2 saturated heterocycles. The largest absolute Gasteiger partial charge is 0.337 e. The number of hydrogen-bond acceptors (Lipinski definition) is 1. The minimum absolute atomic E-state index is 0.403. The summed E-state index contributed by atoms with van der Waals surface area (Å²) in [5.41, 5.74) is 0. The zero-order valence-corrected chi connectivity index (χ0v) is 6.50. The molecular formula is C8H13NO. The van der Waals surface area contributed by atoms with E-state index in [9.17, 15) is 4.79 Å². The summed E-state index contributed by atoms with van der Waals surface area (Å²) in [5.74, 6) is 0.812. The lowest BCUT2D eigenvalue weighted by atomic mass is 9.86. The summed E-state index contributed by atoms with van der Waals surface area (Å²) >= 11 is 0. The standard InChI is InChI=1S/C8H13NO/c1-5(2)9-7-3-6(4-7)8(9)10/h5-7H,3-4H2,1-2H3. The molecule has 1 aliphatic carbocycles. The summed E-state index contributed by atoms with van der Waals surface area (Å²) in [7, 11) is 0. The topological polar surface area (TPSA) is 20.3 Å². The molecule has 2 bridgehead atoms. The Labute approximate surface area is 61.2 Å². The Morgan fingerprint density at radius 1 is 1.50 bits per heavy atom. The van der Waals surface area contributed by atoms with Gasteiger partial charge in [0.2, 0.25) is 5.91 Å². The first-order valence-corrected chi connectivity index (χ1v) is 4.02. The second kappa shape index (κ2) is 1.74. The smallest absolute Gasteiger partial charge is 0.226 e. The normalized spacial score (nSPS) is 37.1. The van der Waals surface area contributed by atoms with Gasteiger partial charge in [-0.2, -0.15) is 0 Å². The summed E-state index contributed by atoms with van der Waals surface area (Å²) in [4.78, 5) is 13.4. The minimum atomic E-state index is 0.403. The molecule has 1 saturated carbocycles. The van der Waals surface area contributed by atoms with Gasteiger partial charge in [0.05, 0.1) is 0 Å². The highest BCUT2D eigenvalue weighted by Crippen LogP contribution is 2.42. The minimum Gasteiger partial charge on any atom is -0.337 e. The lowest BCUT2D eigenvalue weighted by Gasteiger charge is -2.27. The van der Waals surface area contributed by atoms with Crippen LogP contribution in [-0.4, -0.2) is 22.9 Å². The van der Waals surface area contributed by atoms with E-state index in [1.165, 1.54) is 0 Å². The van der Waals surface area contributed by atoms with E-state index < -0.39 is 0 Å². The van der Waals surface area contributed by atoms with Crippen molar-refractivity contribution in [3.05, 3.63) is 0 Å².